The standard InChI is InChI=1S/C22H21IN6O3/c1-3-32-22(31)17-12-25-29-19(7-9-24-21(17)29)15-5-4-6-16(11-15)26-20(30)8-10-28-13-18(23)14(2)27-28/h4-7,9,11-13H,3,8,10H2,1-2H3,(H,26,30). The van der Waals surface area contributed by atoms with E-state index in [1.165, 1.54) is 6.20 Å². The zero-order chi connectivity index (χ0) is 22.7. The molecule has 164 valence electrons. The minimum Gasteiger partial charge on any atom is -0.462 e. The van der Waals surface area contributed by atoms with Crippen molar-refractivity contribution < 1.29 is 14.3 Å². The number of rotatable bonds is 7. The molecular weight excluding hydrogens is 523 g/mol. The molecule has 3 aromatic heterocycles. The molecule has 0 atom stereocenters. The molecule has 4 rings (SSSR count). The molecule has 0 aliphatic carbocycles. The Kier molecular flexibility index (Phi) is 6.49. The van der Waals surface area contributed by atoms with E-state index in [0.717, 1.165) is 20.5 Å². The summed E-state index contributed by atoms with van der Waals surface area (Å²) in [6.45, 7) is 4.47. The molecular formula is C22H21IN6O3. The highest BCUT2D eigenvalue weighted by Crippen LogP contribution is 2.24. The van der Waals surface area contributed by atoms with E-state index in [-0.39, 0.29) is 12.5 Å². The van der Waals surface area contributed by atoms with Gasteiger partial charge in [0.15, 0.2) is 5.65 Å². The van der Waals surface area contributed by atoms with Gasteiger partial charge in [-0.3, -0.25) is 9.48 Å². The lowest BCUT2D eigenvalue weighted by Gasteiger charge is -2.09. The fourth-order valence-corrected chi connectivity index (χ4v) is 3.70. The number of esters is 1. The summed E-state index contributed by atoms with van der Waals surface area (Å²) in [6, 6.07) is 9.25. The molecule has 10 heteroatoms. The third kappa shape index (κ3) is 4.64. The summed E-state index contributed by atoms with van der Waals surface area (Å²) >= 11 is 2.22. The zero-order valence-electron chi connectivity index (χ0n) is 17.6. The zero-order valence-corrected chi connectivity index (χ0v) is 19.7. The molecule has 0 saturated carbocycles. The van der Waals surface area contributed by atoms with Crippen LogP contribution in [0.3, 0.4) is 0 Å². The van der Waals surface area contributed by atoms with E-state index in [4.69, 9.17) is 4.74 Å². The van der Waals surface area contributed by atoms with Gasteiger partial charge >= 0.3 is 5.97 Å². The van der Waals surface area contributed by atoms with Crippen LogP contribution in [-0.4, -0.2) is 42.9 Å². The monoisotopic (exact) mass is 544 g/mol. The van der Waals surface area contributed by atoms with Gasteiger partial charge < -0.3 is 10.1 Å². The summed E-state index contributed by atoms with van der Waals surface area (Å²) in [5.74, 6) is -0.566. The van der Waals surface area contributed by atoms with Gasteiger partial charge in [-0.15, -0.1) is 0 Å². The van der Waals surface area contributed by atoms with E-state index in [1.54, 1.807) is 28.4 Å². The third-order valence-electron chi connectivity index (χ3n) is 4.79. The number of carbonyl (C=O) groups is 2. The Balaban J connectivity index is 1.52. The van der Waals surface area contributed by atoms with E-state index < -0.39 is 5.97 Å². The molecule has 4 aromatic rings. The molecule has 0 aliphatic rings. The first kappa shape index (κ1) is 21.9. The van der Waals surface area contributed by atoms with Gasteiger partial charge in [0, 0.05) is 36.6 Å². The van der Waals surface area contributed by atoms with Crippen LogP contribution >= 0.6 is 22.6 Å². The molecule has 3 heterocycles. The largest absolute Gasteiger partial charge is 0.462 e. The van der Waals surface area contributed by atoms with E-state index in [9.17, 15) is 9.59 Å². The smallest absolute Gasteiger partial charge is 0.343 e. The number of carbonyl (C=O) groups excluding carboxylic acids is 2. The third-order valence-corrected chi connectivity index (χ3v) is 5.85. The van der Waals surface area contributed by atoms with E-state index >= 15 is 0 Å². The number of halogens is 1. The van der Waals surface area contributed by atoms with Crippen molar-refractivity contribution in [2.24, 2.45) is 0 Å². The van der Waals surface area contributed by atoms with E-state index in [2.05, 4.69) is 43.1 Å². The molecule has 1 aromatic carbocycles. The number of benzene rings is 1. The Morgan fingerprint density at radius 3 is 2.84 bits per heavy atom. The van der Waals surface area contributed by atoms with Crippen molar-refractivity contribution in [1.29, 1.82) is 0 Å². The predicted octanol–water partition coefficient (Wildman–Crippen LogP) is 3.71. The normalized spacial score (nSPS) is 11.0. The average Bonchev–Trinajstić information content (AvgIpc) is 3.35. The molecule has 0 saturated heterocycles. The number of nitrogens with one attached hydrogen (secondary N) is 1. The van der Waals surface area contributed by atoms with Crippen LogP contribution in [0.4, 0.5) is 5.69 Å². The molecule has 0 bridgehead atoms. The lowest BCUT2D eigenvalue weighted by atomic mass is 10.1. The van der Waals surface area contributed by atoms with E-state index in [1.807, 2.05) is 37.4 Å². The highest BCUT2D eigenvalue weighted by Gasteiger charge is 2.17. The second kappa shape index (κ2) is 9.47. The van der Waals surface area contributed by atoms with Crippen molar-refractivity contribution in [2.75, 3.05) is 11.9 Å². The number of aryl methyl sites for hydroxylation is 2. The van der Waals surface area contributed by atoms with Crippen LogP contribution in [-0.2, 0) is 16.1 Å². The summed E-state index contributed by atoms with van der Waals surface area (Å²) in [5, 5.41) is 11.6. The Hall–Kier alpha value is -3.28. The first-order valence-corrected chi connectivity index (χ1v) is 11.1. The maximum atomic E-state index is 12.4. The van der Waals surface area contributed by atoms with Crippen LogP contribution in [0.15, 0.2) is 48.9 Å². The van der Waals surface area contributed by atoms with Crippen molar-refractivity contribution in [2.45, 2.75) is 26.8 Å². The maximum Gasteiger partial charge on any atom is 0.343 e. The molecule has 1 N–H and O–H groups in total. The van der Waals surface area contributed by atoms with Crippen LogP contribution in [0.1, 0.15) is 29.4 Å². The summed E-state index contributed by atoms with van der Waals surface area (Å²) in [6.07, 6.45) is 5.30. The summed E-state index contributed by atoms with van der Waals surface area (Å²) in [5.41, 5.74) is 3.91. The van der Waals surface area contributed by atoms with Gasteiger partial charge in [0.1, 0.15) is 5.56 Å². The molecule has 0 radical (unpaired) electrons. The number of anilines is 1. The maximum absolute atomic E-state index is 12.4. The van der Waals surface area contributed by atoms with Crippen molar-refractivity contribution in [1.82, 2.24) is 24.4 Å². The van der Waals surface area contributed by atoms with Gasteiger partial charge in [-0.2, -0.15) is 10.2 Å². The first-order chi connectivity index (χ1) is 15.5. The topological polar surface area (TPSA) is 103 Å². The quantitative estimate of drug-likeness (QED) is 0.281. The fourth-order valence-electron chi connectivity index (χ4n) is 3.27. The Bertz CT molecular complexity index is 1280. The highest BCUT2D eigenvalue weighted by atomic mass is 127. The number of aromatic nitrogens is 5. The minimum absolute atomic E-state index is 0.103. The molecule has 0 aliphatic heterocycles. The van der Waals surface area contributed by atoms with Gasteiger partial charge in [-0.1, -0.05) is 12.1 Å². The van der Waals surface area contributed by atoms with Gasteiger partial charge in [0.25, 0.3) is 0 Å². The molecule has 32 heavy (non-hydrogen) atoms. The van der Waals surface area contributed by atoms with Gasteiger partial charge in [-0.25, -0.2) is 14.3 Å². The predicted molar refractivity (Wildman–Crippen MR) is 127 cm³/mol. The van der Waals surface area contributed by atoms with Crippen LogP contribution in [0.2, 0.25) is 0 Å². The SMILES string of the molecule is CCOC(=O)c1cnn2c(-c3cccc(NC(=O)CCn4cc(I)c(C)n4)c3)ccnc12. The summed E-state index contributed by atoms with van der Waals surface area (Å²) in [4.78, 5) is 28.9. The first-order valence-electron chi connectivity index (χ1n) is 10.1. The molecule has 9 nitrogen and oxygen atoms in total. The fraction of sp³-hybridized carbons (Fsp3) is 0.227. The molecule has 0 fully saturated rings. The molecule has 1 amide bonds. The number of ether oxygens (including phenoxy) is 1. The van der Waals surface area contributed by atoms with Crippen molar-refractivity contribution in [3.8, 4) is 11.3 Å². The Morgan fingerprint density at radius 2 is 2.09 bits per heavy atom. The van der Waals surface area contributed by atoms with E-state index in [0.29, 0.717) is 29.9 Å². The number of nitrogens with zero attached hydrogens (tertiary/aromatic N) is 5. The van der Waals surface area contributed by atoms with Gasteiger partial charge in [-0.05, 0) is 54.6 Å². The second-order valence-corrected chi connectivity index (χ2v) is 8.21. The Labute approximate surface area is 197 Å². The molecule has 0 unspecified atom stereocenters. The second-order valence-electron chi connectivity index (χ2n) is 7.05. The number of amides is 1. The average molecular weight is 544 g/mol. The number of fused-ring (bicyclic) bond motifs is 1. The van der Waals surface area contributed by atoms with Crippen molar-refractivity contribution in [3.05, 3.63) is 63.7 Å². The highest BCUT2D eigenvalue weighted by molar-refractivity contribution is 14.1. The number of hydrogen-bond donors (Lipinski definition) is 1. The van der Waals surface area contributed by atoms with Crippen molar-refractivity contribution in [3.63, 3.8) is 0 Å². The van der Waals surface area contributed by atoms with Gasteiger partial charge in [0.2, 0.25) is 5.91 Å². The minimum atomic E-state index is -0.463. The lowest BCUT2D eigenvalue weighted by Crippen LogP contribution is -2.14. The Morgan fingerprint density at radius 1 is 1.25 bits per heavy atom. The summed E-state index contributed by atoms with van der Waals surface area (Å²) in [7, 11) is 0. The van der Waals surface area contributed by atoms with Crippen molar-refractivity contribution >= 4 is 45.8 Å². The van der Waals surface area contributed by atoms with Crippen LogP contribution in [0, 0.1) is 10.5 Å². The van der Waals surface area contributed by atoms with Crippen LogP contribution in [0.25, 0.3) is 16.9 Å². The van der Waals surface area contributed by atoms with Crippen LogP contribution < -0.4 is 5.32 Å². The van der Waals surface area contributed by atoms with Gasteiger partial charge in [0.05, 0.1) is 27.8 Å². The number of hydrogen-bond acceptors (Lipinski definition) is 6. The van der Waals surface area contributed by atoms with Crippen LogP contribution in [0.5, 0.6) is 0 Å². The molecule has 0 spiro atoms. The summed E-state index contributed by atoms with van der Waals surface area (Å²) < 4.78 is 9.52. The lowest BCUT2D eigenvalue weighted by molar-refractivity contribution is -0.116.